The molecule has 0 aliphatic rings. The number of benzene rings is 1. The fourth-order valence-electron chi connectivity index (χ4n) is 2.49. The maximum atomic E-state index is 11.7. The van der Waals surface area contributed by atoms with E-state index in [1.165, 1.54) is 5.56 Å². The van der Waals surface area contributed by atoms with Crippen LogP contribution in [-0.2, 0) is 24.3 Å². The fourth-order valence-corrected chi connectivity index (χ4v) is 2.49. The van der Waals surface area contributed by atoms with Crippen LogP contribution in [0.15, 0.2) is 55.1 Å². The van der Waals surface area contributed by atoms with Gasteiger partial charge in [0.25, 0.3) is 0 Å². The number of aryl methyl sites for hydroxylation is 1. The summed E-state index contributed by atoms with van der Waals surface area (Å²) in [5.41, 5.74) is 3.71. The first-order valence-electron chi connectivity index (χ1n) is 7.66. The van der Waals surface area contributed by atoms with Gasteiger partial charge in [-0.25, -0.2) is 4.98 Å². The Balaban J connectivity index is 2.29. The largest absolute Gasteiger partial charge is 0.347 e. The molecule has 4 heteroatoms. The molecule has 1 aromatic heterocycles. The van der Waals surface area contributed by atoms with E-state index in [0.29, 0.717) is 18.7 Å². The van der Waals surface area contributed by atoms with Crippen LogP contribution in [0.25, 0.3) is 0 Å². The molecular weight excluding hydrogens is 286 g/mol. The van der Waals surface area contributed by atoms with Gasteiger partial charge >= 0.3 is 0 Å². The van der Waals surface area contributed by atoms with E-state index in [-0.39, 0.29) is 5.91 Å². The first-order valence-corrected chi connectivity index (χ1v) is 7.66. The van der Waals surface area contributed by atoms with Crippen LogP contribution in [0.4, 0.5) is 0 Å². The average molecular weight is 309 g/mol. The molecule has 1 aromatic carbocycles. The van der Waals surface area contributed by atoms with E-state index >= 15 is 0 Å². The van der Waals surface area contributed by atoms with Gasteiger partial charge in [0.1, 0.15) is 5.82 Å². The molecule has 0 radical (unpaired) electrons. The average Bonchev–Trinajstić information content (AvgIpc) is 2.82. The monoisotopic (exact) mass is 309 g/mol. The van der Waals surface area contributed by atoms with E-state index in [1.54, 1.807) is 6.92 Å². The summed E-state index contributed by atoms with van der Waals surface area (Å²) in [5, 5.41) is 2.87. The Morgan fingerprint density at radius 1 is 1.35 bits per heavy atom. The Bertz CT molecular complexity index is 714. The normalized spacial score (nSPS) is 10.3. The first kappa shape index (κ1) is 16.7. The maximum absolute atomic E-state index is 11.7. The highest BCUT2D eigenvalue weighted by Crippen LogP contribution is 2.17. The molecule has 23 heavy (non-hydrogen) atoms. The van der Waals surface area contributed by atoms with Crippen LogP contribution in [-0.4, -0.2) is 15.5 Å². The summed E-state index contributed by atoms with van der Waals surface area (Å²) in [4.78, 5) is 16.4. The number of imidazole rings is 1. The van der Waals surface area contributed by atoms with Crippen molar-refractivity contribution in [3.63, 3.8) is 0 Å². The molecule has 1 heterocycles. The van der Waals surface area contributed by atoms with Crippen molar-refractivity contribution >= 4 is 5.91 Å². The van der Waals surface area contributed by atoms with E-state index in [4.69, 9.17) is 0 Å². The van der Waals surface area contributed by atoms with Crippen molar-refractivity contribution in [2.24, 2.45) is 0 Å². The Morgan fingerprint density at radius 3 is 2.65 bits per heavy atom. The van der Waals surface area contributed by atoms with Gasteiger partial charge in [-0.2, -0.15) is 0 Å². The highest BCUT2D eigenvalue weighted by molar-refractivity contribution is 5.91. The zero-order valence-corrected chi connectivity index (χ0v) is 13.8. The molecule has 120 valence electrons. The number of allylic oxidation sites excluding steroid dienone is 1. The molecule has 1 amide bonds. The van der Waals surface area contributed by atoms with Crippen LogP contribution in [0.1, 0.15) is 29.7 Å². The minimum Gasteiger partial charge on any atom is -0.347 e. The molecule has 1 N–H and O–H groups in total. The lowest BCUT2D eigenvalue weighted by Gasteiger charge is -2.10. The fraction of sp³-hybridized carbons (Fsp3) is 0.263. The molecule has 4 nitrogen and oxygen atoms in total. The second-order valence-electron chi connectivity index (χ2n) is 5.58. The molecule has 0 spiro atoms. The van der Waals surface area contributed by atoms with Crippen molar-refractivity contribution in [1.82, 2.24) is 14.9 Å². The lowest BCUT2D eigenvalue weighted by atomic mass is 10.1. The second-order valence-corrected chi connectivity index (χ2v) is 5.58. The van der Waals surface area contributed by atoms with E-state index in [0.717, 1.165) is 23.6 Å². The van der Waals surface area contributed by atoms with Gasteiger partial charge in [0, 0.05) is 24.2 Å². The van der Waals surface area contributed by atoms with Crippen molar-refractivity contribution in [2.75, 3.05) is 0 Å². The predicted molar refractivity (Wildman–Crippen MR) is 93.1 cm³/mol. The number of carbonyl (C=O) groups is 1. The smallest absolute Gasteiger partial charge is 0.246 e. The lowest BCUT2D eigenvalue weighted by molar-refractivity contribution is -0.117. The third kappa shape index (κ3) is 4.19. The molecule has 0 bridgehead atoms. The molecule has 0 fully saturated rings. The summed E-state index contributed by atoms with van der Waals surface area (Å²) in [6.07, 6.45) is 2.63. The topological polar surface area (TPSA) is 46.9 Å². The van der Waals surface area contributed by atoms with Gasteiger partial charge in [-0.1, -0.05) is 43.0 Å². The third-order valence-corrected chi connectivity index (χ3v) is 3.68. The molecular formula is C19H23N3O. The third-order valence-electron chi connectivity index (χ3n) is 3.68. The van der Waals surface area contributed by atoms with Crippen LogP contribution < -0.4 is 5.32 Å². The number of hydrogen-bond acceptors (Lipinski definition) is 2. The second kappa shape index (κ2) is 7.58. The van der Waals surface area contributed by atoms with Crippen LogP contribution in [0.2, 0.25) is 0 Å². The summed E-state index contributed by atoms with van der Waals surface area (Å²) in [6, 6.07) is 10.2. The number of hydrogen-bond donors (Lipinski definition) is 1. The Labute approximate surface area is 137 Å². The number of nitrogens with one attached hydrogen (secondary N) is 1. The van der Waals surface area contributed by atoms with Gasteiger partial charge in [-0.15, -0.1) is 6.58 Å². The minimum absolute atomic E-state index is 0.147. The van der Waals surface area contributed by atoms with Crippen LogP contribution in [0.5, 0.6) is 0 Å². The summed E-state index contributed by atoms with van der Waals surface area (Å²) in [5.74, 6) is 0.780. The summed E-state index contributed by atoms with van der Waals surface area (Å²) in [6.45, 7) is 12.3. The number of rotatable bonds is 7. The molecule has 2 aromatic rings. The highest BCUT2D eigenvalue weighted by atomic mass is 16.1. The quantitative estimate of drug-likeness (QED) is 0.631. The Kier molecular flexibility index (Phi) is 5.52. The molecule has 0 saturated carbocycles. The van der Waals surface area contributed by atoms with Crippen LogP contribution in [0, 0.1) is 6.92 Å². The molecule has 2 rings (SSSR count). The predicted octanol–water partition coefficient (Wildman–Crippen LogP) is 3.16. The van der Waals surface area contributed by atoms with Crippen molar-refractivity contribution in [3.05, 3.63) is 77.9 Å². The molecule has 0 atom stereocenters. The molecule has 0 saturated heterocycles. The summed E-state index contributed by atoms with van der Waals surface area (Å²) >= 11 is 0. The Hall–Kier alpha value is -2.62. The zero-order chi connectivity index (χ0) is 16.8. The number of carbonyl (C=O) groups excluding carboxylic acids is 1. The van der Waals surface area contributed by atoms with Crippen LogP contribution in [0.3, 0.4) is 0 Å². The zero-order valence-electron chi connectivity index (χ0n) is 13.8. The van der Waals surface area contributed by atoms with Crippen molar-refractivity contribution < 1.29 is 4.79 Å². The van der Waals surface area contributed by atoms with Crippen molar-refractivity contribution in [2.45, 2.75) is 33.4 Å². The minimum atomic E-state index is -0.147. The van der Waals surface area contributed by atoms with E-state index in [9.17, 15) is 4.79 Å². The van der Waals surface area contributed by atoms with Crippen LogP contribution >= 0.6 is 0 Å². The number of nitrogens with zero attached hydrogens (tertiary/aromatic N) is 2. The van der Waals surface area contributed by atoms with Gasteiger partial charge in [0.05, 0.1) is 12.2 Å². The van der Waals surface area contributed by atoms with Gasteiger partial charge in [-0.3, -0.25) is 4.79 Å². The number of aromatic nitrogens is 2. The van der Waals surface area contributed by atoms with E-state index < -0.39 is 0 Å². The van der Waals surface area contributed by atoms with Gasteiger partial charge in [-0.05, 0) is 19.4 Å². The first-order chi connectivity index (χ1) is 11.0. The van der Waals surface area contributed by atoms with E-state index in [2.05, 4.69) is 40.2 Å². The molecule has 0 aliphatic heterocycles. The SMILES string of the molecule is C=CCn1c(C)nc(CNC(=O)C(=C)C)c1Cc1ccccc1. The lowest BCUT2D eigenvalue weighted by Crippen LogP contribution is -2.24. The highest BCUT2D eigenvalue weighted by Gasteiger charge is 2.15. The van der Waals surface area contributed by atoms with Gasteiger partial charge in [0.15, 0.2) is 0 Å². The van der Waals surface area contributed by atoms with Crippen molar-refractivity contribution in [3.8, 4) is 0 Å². The summed E-state index contributed by atoms with van der Waals surface area (Å²) < 4.78 is 2.14. The van der Waals surface area contributed by atoms with E-state index in [1.807, 2.05) is 31.2 Å². The van der Waals surface area contributed by atoms with Gasteiger partial charge in [0.2, 0.25) is 5.91 Å². The molecule has 0 unspecified atom stereocenters. The Morgan fingerprint density at radius 2 is 2.04 bits per heavy atom. The maximum Gasteiger partial charge on any atom is 0.246 e. The van der Waals surface area contributed by atoms with Crippen molar-refractivity contribution in [1.29, 1.82) is 0 Å². The summed E-state index contributed by atoms with van der Waals surface area (Å²) in [7, 11) is 0. The standard InChI is InChI=1S/C19H23N3O/c1-5-11-22-15(4)21-17(13-20-19(23)14(2)3)18(22)12-16-9-7-6-8-10-16/h5-10H,1-2,11-13H2,3-4H3,(H,20,23). The van der Waals surface area contributed by atoms with Gasteiger partial charge < -0.3 is 9.88 Å². The number of amides is 1. The molecule has 0 aliphatic carbocycles.